The summed E-state index contributed by atoms with van der Waals surface area (Å²) >= 11 is 0. The zero-order valence-corrected chi connectivity index (χ0v) is 18.9. The average Bonchev–Trinajstić information content (AvgIpc) is 3.52. The smallest absolute Gasteiger partial charge is 0.311 e. The average molecular weight is 480 g/mol. The van der Waals surface area contributed by atoms with Crippen LogP contribution in [0.15, 0.2) is 30.3 Å². The van der Waals surface area contributed by atoms with Crippen LogP contribution in [0.5, 0.6) is 5.75 Å². The first-order valence-electron chi connectivity index (χ1n) is 11.3. The highest BCUT2D eigenvalue weighted by atomic mass is 19.1. The number of amides is 3. The van der Waals surface area contributed by atoms with Crippen molar-refractivity contribution in [1.29, 1.82) is 0 Å². The number of carbonyl (C=O) groups is 3. The number of imide groups is 1. The first kappa shape index (κ1) is 21.7. The van der Waals surface area contributed by atoms with E-state index < -0.39 is 45.8 Å². The van der Waals surface area contributed by atoms with Crippen molar-refractivity contribution in [2.75, 3.05) is 23.9 Å². The summed E-state index contributed by atoms with van der Waals surface area (Å²) in [7, 11) is 1.27. The van der Waals surface area contributed by atoms with Gasteiger partial charge in [0.1, 0.15) is 11.4 Å². The van der Waals surface area contributed by atoms with Gasteiger partial charge < -0.3 is 10.1 Å². The molecule has 6 rings (SSSR count). The number of nitrogens with one attached hydrogen (secondary N) is 1. The highest BCUT2D eigenvalue weighted by Gasteiger charge is 2.74. The van der Waals surface area contributed by atoms with E-state index in [9.17, 15) is 28.9 Å². The molecule has 0 aliphatic carbocycles. The molecule has 180 valence electrons. The number of anilines is 2. The van der Waals surface area contributed by atoms with Crippen LogP contribution in [0.4, 0.5) is 21.5 Å². The minimum absolute atomic E-state index is 0.0866. The minimum Gasteiger partial charge on any atom is -0.490 e. The highest BCUT2D eigenvalue weighted by Crippen LogP contribution is 2.61. The number of nitro benzene ring substituents is 1. The Balaban J connectivity index is 1.54. The van der Waals surface area contributed by atoms with Gasteiger partial charge in [-0.25, -0.2) is 9.29 Å². The number of fused-ring (bicyclic) bond motifs is 7. The zero-order chi connectivity index (χ0) is 24.8. The summed E-state index contributed by atoms with van der Waals surface area (Å²) in [6.07, 6.45) is 1.36. The predicted octanol–water partition coefficient (Wildman–Crippen LogP) is 2.48. The molecule has 4 atom stereocenters. The van der Waals surface area contributed by atoms with Gasteiger partial charge in [0.15, 0.2) is 5.75 Å². The van der Waals surface area contributed by atoms with Gasteiger partial charge in [-0.2, -0.15) is 0 Å². The Morgan fingerprint density at radius 1 is 1.20 bits per heavy atom. The fraction of sp³-hybridized carbons (Fsp3) is 0.375. The molecule has 3 saturated heterocycles. The van der Waals surface area contributed by atoms with Gasteiger partial charge in [0.2, 0.25) is 17.7 Å². The molecule has 10 nitrogen and oxygen atoms in total. The maximum Gasteiger partial charge on any atom is 0.311 e. The molecule has 4 aliphatic heterocycles. The van der Waals surface area contributed by atoms with Gasteiger partial charge in [-0.3, -0.25) is 29.4 Å². The normalized spacial score (nSPS) is 28.9. The van der Waals surface area contributed by atoms with E-state index in [-0.39, 0.29) is 23.2 Å². The van der Waals surface area contributed by atoms with Crippen molar-refractivity contribution in [3.63, 3.8) is 0 Å². The number of nitrogens with zero attached hydrogens (tertiary/aromatic N) is 3. The molecule has 4 aliphatic rings. The Morgan fingerprint density at radius 2 is 1.97 bits per heavy atom. The summed E-state index contributed by atoms with van der Waals surface area (Å²) in [6.45, 7) is 2.08. The van der Waals surface area contributed by atoms with Crippen LogP contribution < -0.4 is 15.0 Å². The lowest BCUT2D eigenvalue weighted by atomic mass is 9.75. The summed E-state index contributed by atoms with van der Waals surface area (Å²) in [6, 6.07) is 6.19. The van der Waals surface area contributed by atoms with Crippen molar-refractivity contribution in [2.45, 2.75) is 31.3 Å². The van der Waals surface area contributed by atoms with Crippen LogP contribution in [-0.4, -0.2) is 47.2 Å². The molecule has 1 spiro atoms. The van der Waals surface area contributed by atoms with Crippen molar-refractivity contribution in [2.24, 2.45) is 11.8 Å². The quantitative estimate of drug-likeness (QED) is 0.407. The lowest BCUT2D eigenvalue weighted by Gasteiger charge is -2.36. The molecular weight excluding hydrogens is 459 g/mol. The van der Waals surface area contributed by atoms with Gasteiger partial charge in [0.05, 0.1) is 29.6 Å². The number of ether oxygens (including phenoxy) is 1. The molecule has 0 aromatic heterocycles. The number of carbonyl (C=O) groups excluding carboxylic acids is 3. The van der Waals surface area contributed by atoms with E-state index in [4.69, 9.17) is 4.74 Å². The fourth-order valence-electron chi connectivity index (χ4n) is 6.62. The predicted molar refractivity (Wildman–Crippen MR) is 120 cm³/mol. The number of hydrogen-bond donors (Lipinski definition) is 1. The zero-order valence-electron chi connectivity index (χ0n) is 18.9. The number of halogens is 1. The summed E-state index contributed by atoms with van der Waals surface area (Å²) in [4.78, 5) is 55.2. The molecule has 3 amide bonds. The second-order valence-electron chi connectivity index (χ2n) is 9.40. The lowest BCUT2D eigenvalue weighted by molar-refractivity contribution is -0.385. The maximum atomic E-state index is 14.4. The third-order valence-corrected chi connectivity index (χ3v) is 7.89. The number of aryl methyl sites for hydroxylation is 1. The fourth-order valence-corrected chi connectivity index (χ4v) is 6.62. The number of methoxy groups -OCH3 is 1. The largest absolute Gasteiger partial charge is 0.490 e. The molecule has 2 aromatic carbocycles. The molecule has 1 N–H and O–H groups in total. The van der Waals surface area contributed by atoms with Crippen LogP contribution in [0, 0.1) is 34.7 Å². The van der Waals surface area contributed by atoms with Crippen LogP contribution in [0.3, 0.4) is 0 Å². The molecule has 4 heterocycles. The second-order valence-corrected chi connectivity index (χ2v) is 9.40. The van der Waals surface area contributed by atoms with E-state index in [1.54, 1.807) is 6.92 Å². The van der Waals surface area contributed by atoms with E-state index in [2.05, 4.69) is 5.32 Å². The van der Waals surface area contributed by atoms with Gasteiger partial charge in [0.25, 0.3) is 0 Å². The summed E-state index contributed by atoms with van der Waals surface area (Å²) < 4.78 is 19.5. The molecule has 2 aromatic rings. The number of hydrogen-bond acceptors (Lipinski definition) is 7. The first-order valence-corrected chi connectivity index (χ1v) is 11.3. The highest BCUT2D eigenvalue weighted by molar-refractivity contribution is 6.26. The van der Waals surface area contributed by atoms with Crippen LogP contribution >= 0.6 is 0 Å². The minimum atomic E-state index is -1.50. The summed E-state index contributed by atoms with van der Waals surface area (Å²) in [5.74, 6) is -3.97. The van der Waals surface area contributed by atoms with E-state index in [1.807, 2.05) is 4.90 Å². The van der Waals surface area contributed by atoms with Crippen molar-refractivity contribution in [3.8, 4) is 5.75 Å². The van der Waals surface area contributed by atoms with Crippen LogP contribution in [0.2, 0.25) is 0 Å². The van der Waals surface area contributed by atoms with Crippen LogP contribution in [0.1, 0.15) is 24.0 Å². The monoisotopic (exact) mass is 480 g/mol. The maximum absolute atomic E-state index is 14.4. The van der Waals surface area contributed by atoms with Crippen LogP contribution in [0.25, 0.3) is 0 Å². The molecule has 0 radical (unpaired) electrons. The lowest BCUT2D eigenvalue weighted by Crippen LogP contribution is -2.54. The van der Waals surface area contributed by atoms with Gasteiger partial charge >= 0.3 is 5.69 Å². The topological polar surface area (TPSA) is 122 Å². The van der Waals surface area contributed by atoms with Gasteiger partial charge in [0, 0.05) is 29.4 Å². The van der Waals surface area contributed by atoms with Gasteiger partial charge in [-0.05, 0) is 50.1 Å². The number of nitro groups is 1. The summed E-state index contributed by atoms with van der Waals surface area (Å²) in [5, 5.41) is 14.2. The molecule has 0 bridgehead atoms. The molecular formula is C24H21FN4O6. The van der Waals surface area contributed by atoms with E-state index in [0.29, 0.717) is 29.8 Å². The van der Waals surface area contributed by atoms with Gasteiger partial charge in [-0.1, -0.05) is 0 Å². The van der Waals surface area contributed by atoms with Gasteiger partial charge in [-0.15, -0.1) is 0 Å². The number of benzene rings is 2. The SMILES string of the molecule is COc1cc(N2C(=O)[C@H]3[C@@H](C2=O)[C@@]2(C(=O)Nc4ccc(F)cc42)N2CCC[C@@H]32)c(C)cc1[N+](=O)[O-]. The molecule has 35 heavy (non-hydrogen) atoms. The third kappa shape index (κ3) is 2.53. The second kappa shape index (κ2) is 7.08. The van der Waals surface area contributed by atoms with Crippen molar-refractivity contribution >= 4 is 34.8 Å². The Bertz CT molecular complexity index is 1360. The van der Waals surface area contributed by atoms with E-state index in [1.165, 1.54) is 37.4 Å². The Morgan fingerprint density at radius 3 is 2.69 bits per heavy atom. The van der Waals surface area contributed by atoms with Crippen molar-refractivity contribution < 1.29 is 28.4 Å². The van der Waals surface area contributed by atoms with Crippen molar-refractivity contribution in [1.82, 2.24) is 4.90 Å². The summed E-state index contributed by atoms with van der Waals surface area (Å²) in [5.41, 5.74) is -0.472. The number of rotatable bonds is 3. The molecule has 0 unspecified atom stereocenters. The molecule has 0 saturated carbocycles. The molecule has 11 heteroatoms. The Labute approximate surface area is 198 Å². The van der Waals surface area contributed by atoms with Crippen molar-refractivity contribution in [3.05, 3.63) is 57.4 Å². The first-order chi connectivity index (χ1) is 16.7. The van der Waals surface area contributed by atoms with E-state index in [0.717, 1.165) is 11.3 Å². The van der Waals surface area contributed by atoms with E-state index >= 15 is 0 Å². The van der Waals surface area contributed by atoms with Crippen LogP contribution in [-0.2, 0) is 19.9 Å². The molecule has 3 fully saturated rings. The third-order valence-electron chi connectivity index (χ3n) is 7.89. The Hall–Kier alpha value is -3.86. The standard InChI is InChI=1S/C24H21FN4O6/c1-11-8-17(29(33)34)18(35-2)10-16(11)28-21(30)19-15-4-3-7-27(15)24(20(19)22(28)31)13-9-12(25)5-6-14(13)26-23(24)32/h5-6,8-10,15,19-20H,3-4,7H2,1-2H3,(H,26,32)/t15-,19+,20-,24-/m0/s1. The Kier molecular flexibility index (Phi) is 4.38.